The van der Waals surface area contributed by atoms with Gasteiger partial charge >= 0.3 is 5.97 Å². The van der Waals surface area contributed by atoms with E-state index in [0.29, 0.717) is 24.3 Å². The van der Waals surface area contributed by atoms with E-state index in [9.17, 15) is 9.59 Å². The van der Waals surface area contributed by atoms with Crippen LogP contribution < -0.4 is 5.32 Å². The summed E-state index contributed by atoms with van der Waals surface area (Å²) in [6, 6.07) is 17.3. The minimum atomic E-state index is -0.935. The van der Waals surface area contributed by atoms with Gasteiger partial charge in [-0.05, 0) is 34.6 Å². The van der Waals surface area contributed by atoms with E-state index in [2.05, 4.69) is 53.8 Å². The number of rotatable bonds is 5. The number of fused-ring (bicyclic) bond motifs is 1. The van der Waals surface area contributed by atoms with Crippen molar-refractivity contribution in [3.63, 3.8) is 0 Å². The number of carboxylic acid groups (broad SMARTS) is 1. The smallest absolute Gasteiger partial charge is 0.303 e. The topological polar surface area (TPSA) is 66.4 Å². The van der Waals surface area contributed by atoms with Crippen molar-refractivity contribution in [1.29, 1.82) is 0 Å². The molecule has 4 heteroatoms. The molecule has 0 heterocycles. The molecule has 2 N–H and O–H groups in total. The van der Waals surface area contributed by atoms with Crippen molar-refractivity contribution in [2.75, 3.05) is 6.54 Å². The zero-order chi connectivity index (χ0) is 17.4. The Morgan fingerprint density at radius 3 is 2.04 bits per heavy atom. The summed E-state index contributed by atoms with van der Waals surface area (Å²) in [5, 5.41) is 11.7. The SMILES string of the molecule is O=C(O)CCC(=O)NCC1CC2c3ccccc3C1c1ccccc12. The third kappa shape index (κ3) is 2.82. The van der Waals surface area contributed by atoms with Crippen LogP contribution in [0.25, 0.3) is 0 Å². The highest BCUT2D eigenvalue weighted by Crippen LogP contribution is 2.55. The van der Waals surface area contributed by atoms with Crippen molar-refractivity contribution >= 4 is 11.9 Å². The van der Waals surface area contributed by atoms with Gasteiger partial charge in [0.1, 0.15) is 0 Å². The molecule has 0 saturated carbocycles. The highest BCUT2D eigenvalue weighted by Gasteiger charge is 2.42. The molecule has 0 aromatic heterocycles. The van der Waals surface area contributed by atoms with Crippen molar-refractivity contribution in [3.8, 4) is 0 Å². The Morgan fingerprint density at radius 1 is 0.920 bits per heavy atom. The third-order valence-corrected chi connectivity index (χ3v) is 5.55. The van der Waals surface area contributed by atoms with E-state index in [4.69, 9.17) is 5.11 Å². The van der Waals surface area contributed by atoms with Gasteiger partial charge in [0.25, 0.3) is 0 Å². The fourth-order valence-electron chi connectivity index (χ4n) is 4.51. The van der Waals surface area contributed by atoms with E-state index in [0.717, 1.165) is 6.42 Å². The molecule has 3 aliphatic rings. The largest absolute Gasteiger partial charge is 0.481 e. The molecule has 1 atom stereocenters. The lowest BCUT2D eigenvalue weighted by atomic mass is 9.59. The molecule has 128 valence electrons. The van der Waals surface area contributed by atoms with Crippen molar-refractivity contribution < 1.29 is 14.7 Å². The fourth-order valence-corrected chi connectivity index (χ4v) is 4.51. The third-order valence-electron chi connectivity index (χ3n) is 5.55. The summed E-state index contributed by atoms with van der Waals surface area (Å²) < 4.78 is 0. The van der Waals surface area contributed by atoms with Crippen LogP contribution in [0.3, 0.4) is 0 Å². The first-order valence-corrected chi connectivity index (χ1v) is 8.81. The highest BCUT2D eigenvalue weighted by atomic mass is 16.4. The molecule has 1 amide bonds. The molecule has 5 rings (SSSR count). The Labute approximate surface area is 146 Å². The molecule has 25 heavy (non-hydrogen) atoms. The Balaban J connectivity index is 1.56. The Bertz CT molecular complexity index is 782. The number of hydrogen-bond donors (Lipinski definition) is 2. The first kappa shape index (κ1) is 15.9. The second kappa shape index (κ2) is 6.36. The van der Waals surface area contributed by atoms with Crippen LogP contribution in [-0.2, 0) is 9.59 Å². The van der Waals surface area contributed by atoms with E-state index in [1.54, 1.807) is 0 Å². The van der Waals surface area contributed by atoms with Gasteiger partial charge in [0, 0.05) is 24.8 Å². The van der Waals surface area contributed by atoms with Gasteiger partial charge < -0.3 is 10.4 Å². The predicted octanol–water partition coefficient (Wildman–Crippen LogP) is 3.26. The average Bonchev–Trinajstić information content (AvgIpc) is 2.65. The Kier molecular flexibility index (Phi) is 4.04. The van der Waals surface area contributed by atoms with Crippen molar-refractivity contribution in [2.24, 2.45) is 5.92 Å². The number of benzene rings is 2. The standard InChI is InChI=1S/C21H21NO3/c23-19(9-10-20(24)25)22-12-13-11-18-14-5-1-3-7-16(14)21(13)17-8-4-2-6-15(17)18/h1-8,13,18,21H,9-12H2,(H,22,23)(H,24,25). The second-order valence-corrected chi connectivity index (χ2v) is 6.98. The summed E-state index contributed by atoms with van der Waals surface area (Å²) in [6.07, 6.45) is 0.954. The Hall–Kier alpha value is -2.62. The van der Waals surface area contributed by atoms with E-state index in [-0.39, 0.29) is 18.7 Å². The summed E-state index contributed by atoms with van der Waals surface area (Å²) in [5.74, 6) is -0.0702. The maximum atomic E-state index is 11.9. The maximum absolute atomic E-state index is 11.9. The summed E-state index contributed by atoms with van der Waals surface area (Å²) in [6.45, 7) is 0.599. The van der Waals surface area contributed by atoms with E-state index < -0.39 is 5.97 Å². The molecular formula is C21H21NO3. The molecule has 2 aromatic carbocycles. The van der Waals surface area contributed by atoms with Gasteiger partial charge in [-0.3, -0.25) is 9.59 Å². The summed E-state index contributed by atoms with van der Waals surface area (Å²) >= 11 is 0. The molecule has 0 saturated heterocycles. The average molecular weight is 335 g/mol. The van der Waals surface area contributed by atoms with E-state index in [1.807, 2.05) is 0 Å². The molecule has 4 nitrogen and oxygen atoms in total. The van der Waals surface area contributed by atoms with Gasteiger partial charge in [0.05, 0.1) is 6.42 Å². The van der Waals surface area contributed by atoms with Gasteiger partial charge in [0.15, 0.2) is 0 Å². The lowest BCUT2D eigenvalue weighted by Crippen LogP contribution is -2.39. The number of amides is 1. The van der Waals surface area contributed by atoms with Crippen molar-refractivity contribution in [2.45, 2.75) is 31.1 Å². The molecular weight excluding hydrogens is 314 g/mol. The van der Waals surface area contributed by atoms with Crippen LogP contribution in [0.4, 0.5) is 0 Å². The summed E-state index contributed by atoms with van der Waals surface area (Å²) in [5.41, 5.74) is 5.59. The van der Waals surface area contributed by atoms with E-state index in [1.165, 1.54) is 22.3 Å². The van der Waals surface area contributed by atoms with Gasteiger partial charge in [-0.25, -0.2) is 0 Å². The molecule has 1 unspecified atom stereocenters. The Morgan fingerprint density at radius 2 is 1.48 bits per heavy atom. The number of nitrogens with one attached hydrogen (secondary N) is 1. The lowest BCUT2D eigenvalue weighted by molar-refractivity contribution is -0.138. The molecule has 0 aliphatic heterocycles. The number of aliphatic carboxylic acids is 1. The van der Waals surface area contributed by atoms with Crippen LogP contribution in [0.15, 0.2) is 48.5 Å². The van der Waals surface area contributed by atoms with Crippen LogP contribution in [0, 0.1) is 5.92 Å². The van der Waals surface area contributed by atoms with E-state index >= 15 is 0 Å². The van der Waals surface area contributed by atoms with Crippen LogP contribution in [0.1, 0.15) is 53.4 Å². The van der Waals surface area contributed by atoms with Crippen LogP contribution in [-0.4, -0.2) is 23.5 Å². The van der Waals surface area contributed by atoms with Gasteiger partial charge in [-0.15, -0.1) is 0 Å². The van der Waals surface area contributed by atoms with Crippen LogP contribution >= 0.6 is 0 Å². The zero-order valence-corrected chi connectivity index (χ0v) is 13.9. The summed E-state index contributed by atoms with van der Waals surface area (Å²) in [4.78, 5) is 22.5. The minimum Gasteiger partial charge on any atom is -0.481 e. The maximum Gasteiger partial charge on any atom is 0.303 e. The number of carboxylic acids is 1. The normalized spacial score (nSPS) is 22.8. The number of carbonyl (C=O) groups excluding carboxylic acids is 1. The zero-order valence-electron chi connectivity index (χ0n) is 13.9. The first-order valence-electron chi connectivity index (χ1n) is 8.81. The van der Waals surface area contributed by atoms with Gasteiger partial charge in [-0.2, -0.15) is 0 Å². The molecule has 2 aromatic rings. The monoisotopic (exact) mass is 335 g/mol. The van der Waals surface area contributed by atoms with Crippen LogP contribution in [0.5, 0.6) is 0 Å². The first-order chi connectivity index (χ1) is 12.1. The van der Waals surface area contributed by atoms with Gasteiger partial charge in [0.2, 0.25) is 5.91 Å². The summed E-state index contributed by atoms with van der Waals surface area (Å²) in [7, 11) is 0. The number of hydrogen-bond acceptors (Lipinski definition) is 2. The minimum absolute atomic E-state index is 0.0450. The molecule has 3 aliphatic carbocycles. The highest BCUT2D eigenvalue weighted by molar-refractivity contribution is 5.80. The fraction of sp³-hybridized carbons (Fsp3) is 0.333. The van der Waals surface area contributed by atoms with Crippen molar-refractivity contribution in [1.82, 2.24) is 5.32 Å². The van der Waals surface area contributed by atoms with Crippen molar-refractivity contribution in [3.05, 3.63) is 70.8 Å². The molecule has 0 radical (unpaired) electrons. The van der Waals surface area contributed by atoms with Gasteiger partial charge in [-0.1, -0.05) is 48.5 Å². The predicted molar refractivity (Wildman–Crippen MR) is 94.6 cm³/mol. The number of carbonyl (C=O) groups is 2. The quantitative estimate of drug-likeness (QED) is 0.881. The lowest BCUT2D eigenvalue weighted by Gasteiger charge is -2.45. The second-order valence-electron chi connectivity index (χ2n) is 6.98. The molecule has 0 spiro atoms. The molecule has 2 bridgehead atoms. The van der Waals surface area contributed by atoms with Crippen LogP contribution in [0.2, 0.25) is 0 Å². The molecule has 0 fully saturated rings.